The van der Waals surface area contributed by atoms with Gasteiger partial charge in [-0.2, -0.15) is 0 Å². The fourth-order valence-corrected chi connectivity index (χ4v) is 2.71. The van der Waals surface area contributed by atoms with E-state index in [1.165, 1.54) is 5.56 Å². The molecule has 0 saturated carbocycles. The van der Waals surface area contributed by atoms with Crippen LogP contribution in [0.3, 0.4) is 0 Å². The van der Waals surface area contributed by atoms with Crippen LogP contribution in [0.4, 0.5) is 0 Å². The van der Waals surface area contributed by atoms with Gasteiger partial charge in [-0.3, -0.25) is 0 Å². The second-order valence-electron chi connectivity index (χ2n) is 4.55. The average Bonchev–Trinajstić information content (AvgIpc) is 2.38. The Bertz CT molecular complexity index is 576. The number of methoxy groups -OCH3 is 2. The molecule has 0 radical (unpaired) electrons. The van der Waals surface area contributed by atoms with E-state index in [0.717, 1.165) is 26.7 Å². The first-order valence-corrected chi connectivity index (χ1v) is 6.72. The molecule has 3 heteroatoms. The Hall–Kier alpha value is -1.22. The van der Waals surface area contributed by atoms with E-state index in [1.807, 2.05) is 18.2 Å². The third kappa shape index (κ3) is 2.19. The van der Waals surface area contributed by atoms with E-state index < -0.39 is 0 Å². The lowest BCUT2D eigenvalue weighted by molar-refractivity contribution is 0.411. The van der Waals surface area contributed by atoms with Gasteiger partial charge in [0.05, 0.1) is 14.2 Å². The highest BCUT2D eigenvalue weighted by molar-refractivity contribution is 9.10. The highest BCUT2D eigenvalue weighted by atomic mass is 79.9. The van der Waals surface area contributed by atoms with Crippen molar-refractivity contribution in [3.63, 3.8) is 0 Å². The van der Waals surface area contributed by atoms with Gasteiger partial charge in [-0.25, -0.2) is 0 Å². The lowest BCUT2D eigenvalue weighted by atomic mass is 9.97. The minimum absolute atomic E-state index is 0.419. The Morgan fingerprint density at radius 2 is 1.72 bits per heavy atom. The van der Waals surface area contributed by atoms with E-state index in [-0.39, 0.29) is 0 Å². The molecule has 2 nitrogen and oxygen atoms in total. The molecular formula is C15H17BrO2. The van der Waals surface area contributed by atoms with Gasteiger partial charge in [0.25, 0.3) is 0 Å². The van der Waals surface area contributed by atoms with Crippen molar-refractivity contribution in [2.24, 2.45) is 0 Å². The predicted molar refractivity (Wildman–Crippen MR) is 78.8 cm³/mol. The molecule has 96 valence electrons. The van der Waals surface area contributed by atoms with Crippen molar-refractivity contribution < 1.29 is 9.47 Å². The molecule has 0 N–H and O–H groups in total. The van der Waals surface area contributed by atoms with Gasteiger partial charge in [-0.15, -0.1) is 0 Å². The van der Waals surface area contributed by atoms with Crippen LogP contribution < -0.4 is 9.47 Å². The summed E-state index contributed by atoms with van der Waals surface area (Å²) in [4.78, 5) is 0. The van der Waals surface area contributed by atoms with Crippen molar-refractivity contribution in [3.8, 4) is 11.5 Å². The fourth-order valence-electron chi connectivity index (χ4n) is 2.14. The van der Waals surface area contributed by atoms with Gasteiger partial charge < -0.3 is 9.47 Å². The lowest BCUT2D eigenvalue weighted by Gasteiger charge is -2.16. The fraction of sp³-hybridized carbons (Fsp3) is 0.333. The maximum absolute atomic E-state index is 5.59. The third-order valence-corrected chi connectivity index (χ3v) is 3.76. The Morgan fingerprint density at radius 3 is 2.28 bits per heavy atom. The van der Waals surface area contributed by atoms with E-state index in [0.29, 0.717) is 5.92 Å². The minimum Gasteiger partial charge on any atom is -0.497 e. The van der Waals surface area contributed by atoms with Crippen LogP contribution in [0.2, 0.25) is 0 Å². The monoisotopic (exact) mass is 308 g/mol. The maximum atomic E-state index is 5.59. The van der Waals surface area contributed by atoms with Gasteiger partial charge in [0, 0.05) is 15.2 Å². The molecular weight excluding hydrogens is 292 g/mol. The molecule has 0 aliphatic carbocycles. The van der Waals surface area contributed by atoms with Crippen LogP contribution in [-0.4, -0.2) is 14.2 Å². The summed E-state index contributed by atoms with van der Waals surface area (Å²) in [5, 5.41) is 2.21. The van der Waals surface area contributed by atoms with Crippen LogP contribution in [0.15, 0.2) is 28.7 Å². The first kappa shape index (κ1) is 13.2. The highest BCUT2D eigenvalue weighted by Crippen LogP contribution is 2.39. The molecule has 0 aromatic heterocycles. The molecule has 2 aromatic rings. The summed E-state index contributed by atoms with van der Waals surface area (Å²) < 4.78 is 11.9. The van der Waals surface area contributed by atoms with Gasteiger partial charge in [0.1, 0.15) is 11.5 Å². The van der Waals surface area contributed by atoms with Crippen molar-refractivity contribution in [3.05, 3.63) is 34.3 Å². The van der Waals surface area contributed by atoms with Crippen LogP contribution >= 0.6 is 15.9 Å². The zero-order valence-electron chi connectivity index (χ0n) is 11.1. The van der Waals surface area contributed by atoms with Crippen molar-refractivity contribution >= 4 is 26.7 Å². The predicted octanol–water partition coefficient (Wildman–Crippen LogP) is 4.74. The molecule has 0 fully saturated rings. The molecule has 18 heavy (non-hydrogen) atoms. The number of rotatable bonds is 3. The standard InChI is InChI=1S/C15H17BrO2/c1-9(2)12-8-14(16)13-7-10(17-3)5-6-11(13)15(12)18-4/h5-9H,1-4H3. The molecule has 0 amide bonds. The van der Waals surface area contributed by atoms with Crippen molar-refractivity contribution in [1.82, 2.24) is 0 Å². The average molecular weight is 309 g/mol. The van der Waals surface area contributed by atoms with Crippen molar-refractivity contribution in [2.75, 3.05) is 14.2 Å². The normalized spacial score (nSPS) is 11.0. The second kappa shape index (κ2) is 5.19. The summed E-state index contributed by atoms with van der Waals surface area (Å²) >= 11 is 3.63. The first-order chi connectivity index (χ1) is 8.58. The van der Waals surface area contributed by atoms with E-state index >= 15 is 0 Å². The number of ether oxygens (including phenoxy) is 2. The smallest absolute Gasteiger partial charge is 0.130 e. The molecule has 0 aliphatic rings. The SMILES string of the molecule is COc1ccc2c(OC)c(C(C)C)cc(Br)c2c1. The Kier molecular flexibility index (Phi) is 3.81. The summed E-state index contributed by atoms with van der Waals surface area (Å²) in [6.45, 7) is 4.33. The van der Waals surface area contributed by atoms with Gasteiger partial charge in [-0.1, -0.05) is 29.8 Å². The molecule has 2 aromatic carbocycles. The van der Waals surface area contributed by atoms with Gasteiger partial charge in [0.2, 0.25) is 0 Å². The Morgan fingerprint density at radius 1 is 1.00 bits per heavy atom. The molecule has 0 unspecified atom stereocenters. The number of hydrogen-bond donors (Lipinski definition) is 0. The number of fused-ring (bicyclic) bond motifs is 1. The van der Waals surface area contributed by atoms with E-state index in [1.54, 1.807) is 14.2 Å². The maximum Gasteiger partial charge on any atom is 0.130 e. The van der Waals surface area contributed by atoms with E-state index in [9.17, 15) is 0 Å². The van der Waals surface area contributed by atoms with Crippen LogP contribution in [0, 0.1) is 0 Å². The first-order valence-electron chi connectivity index (χ1n) is 5.92. The highest BCUT2D eigenvalue weighted by Gasteiger charge is 2.14. The van der Waals surface area contributed by atoms with Gasteiger partial charge >= 0.3 is 0 Å². The quantitative estimate of drug-likeness (QED) is 0.815. The summed E-state index contributed by atoms with van der Waals surface area (Å²) in [7, 11) is 3.40. The zero-order chi connectivity index (χ0) is 13.3. The van der Waals surface area contributed by atoms with Crippen LogP contribution in [-0.2, 0) is 0 Å². The summed E-state index contributed by atoms with van der Waals surface area (Å²) in [6, 6.07) is 8.16. The second-order valence-corrected chi connectivity index (χ2v) is 5.40. The molecule has 2 rings (SSSR count). The van der Waals surface area contributed by atoms with E-state index in [2.05, 4.69) is 35.8 Å². The van der Waals surface area contributed by atoms with E-state index in [4.69, 9.17) is 9.47 Å². The summed E-state index contributed by atoms with van der Waals surface area (Å²) in [5.74, 6) is 2.22. The van der Waals surface area contributed by atoms with Gasteiger partial charge in [0.15, 0.2) is 0 Å². The van der Waals surface area contributed by atoms with Gasteiger partial charge in [-0.05, 0) is 35.7 Å². The Balaban J connectivity index is 2.80. The molecule has 0 saturated heterocycles. The summed E-state index contributed by atoms with van der Waals surface area (Å²) in [6.07, 6.45) is 0. The zero-order valence-corrected chi connectivity index (χ0v) is 12.7. The molecule has 0 heterocycles. The lowest BCUT2D eigenvalue weighted by Crippen LogP contribution is -1.96. The third-order valence-electron chi connectivity index (χ3n) is 3.10. The topological polar surface area (TPSA) is 18.5 Å². The van der Waals surface area contributed by atoms with Crippen molar-refractivity contribution in [1.29, 1.82) is 0 Å². The Labute approximate surface area is 116 Å². The van der Waals surface area contributed by atoms with Crippen LogP contribution in [0.5, 0.6) is 11.5 Å². The molecule has 0 spiro atoms. The molecule has 0 aliphatic heterocycles. The summed E-state index contributed by atoms with van der Waals surface area (Å²) in [5.41, 5.74) is 1.21. The largest absolute Gasteiger partial charge is 0.497 e. The number of benzene rings is 2. The van der Waals surface area contributed by atoms with Crippen LogP contribution in [0.1, 0.15) is 25.3 Å². The molecule has 0 atom stereocenters. The molecule has 0 bridgehead atoms. The number of halogens is 1. The van der Waals surface area contributed by atoms with Crippen LogP contribution in [0.25, 0.3) is 10.8 Å². The number of hydrogen-bond acceptors (Lipinski definition) is 2. The van der Waals surface area contributed by atoms with Crippen molar-refractivity contribution in [2.45, 2.75) is 19.8 Å². The minimum atomic E-state index is 0.419.